The molecular weight excluding hydrogens is 412 g/mol. The van der Waals surface area contributed by atoms with Crippen molar-refractivity contribution < 1.29 is 0 Å². The third-order valence-corrected chi connectivity index (χ3v) is 7.46. The van der Waals surface area contributed by atoms with Crippen molar-refractivity contribution in [3.63, 3.8) is 0 Å². The summed E-state index contributed by atoms with van der Waals surface area (Å²) in [6.07, 6.45) is 2.11. The quantitative estimate of drug-likeness (QED) is 0.250. The monoisotopic (exact) mass is 448 g/mol. The molecule has 0 spiro atoms. The van der Waals surface area contributed by atoms with Gasteiger partial charge in [-0.2, -0.15) is 0 Å². The van der Waals surface area contributed by atoms with E-state index in [0.29, 0.717) is 17.8 Å². The van der Waals surface area contributed by atoms with Crippen molar-refractivity contribution in [2.75, 3.05) is 0 Å². The fourth-order valence-electron chi connectivity index (χ4n) is 5.33. The Balaban J connectivity index is 2.00. The Hall–Kier alpha value is -3.13. The second-order valence-electron chi connectivity index (χ2n) is 10.8. The third kappa shape index (κ3) is 3.43. The van der Waals surface area contributed by atoms with E-state index in [4.69, 9.17) is 4.98 Å². The summed E-state index contributed by atoms with van der Waals surface area (Å²) in [7, 11) is 0. The highest BCUT2D eigenvalue weighted by molar-refractivity contribution is 6.12. The first-order chi connectivity index (χ1) is 16.2. The number of rotatable bonds is 4. The normalized spacial score (nSPS) is 12.3. The molecule has 0 radical (unpaired) electrons. The average molecular weight is 449 g/mol. The van der Waals surface area contributed by atoms with Gasteiger partial charge in [0.2, 0.25) is 0 Å². The maximum atomic E-state index is 5.05. The smallest absolute Gasteiger partial charge is 0.145 e. The molecule has 2 heterocycles. The Morgan fingerprint density at radius 3 is 1.85 bits per heavy atom. The van der Waals surface area contributed by atoms with Crippen LogP contribution in [0.2, 0.25) is 0 Å². The van der Waals surface area contributed by atoms with Crippen LogP contribution in [0, 0.1) is 13.8 Å². The van der Waals surface area contributed by atoms with Gasteiger partial charge in [-0.25, -0.2) is 4.98 Å². The fraction of sp³-hybridized carbons (Fsp3) is 0.344. The highest BCUT2D eigenvalue weighted by Gasteiger charge is 2.23. The maximum Gasteiger partial charge on any atom is 0.145 e. The van der Waals surface area contributed by atoms with Crippen LogP contribution < -0.4 is 0 Å². The lowest BCUT2D eigenvalue weighted by Gasteiger charge is -2.23. The van der Waals surface area contributed by atoms with Crippen LogP contribution in [0.4, 0.5) is 0 Å². The molecule has 0 amide bonds. The maximum absolute atomic E-state index is 5.05. The van der Waals surface area contributed by atoms with Crippen LogP contribution in [-0.4, -0.2) is 9.38 Å². The molecule has 0 aliphatic heterocycles. The molecule has 0 saturated carbocycles. The highest BCUT2D eigenvalue weighted by Crippen LogP contribution is 2.41. The van der Waals surface area contributed by atoms with Gasteiger partial charge in [0.1, 0.15) is 5.65 Å². The highest BCUT2D eigenvalue weighted by atomic mass is 15.0. The van der Waals surface area contributed by atoms with Crippen LogP contribution >= 0.6 is 0 Å². The minimum Gasteiger partial charge on any atom is -0.292 e. The minimum absolute atomic E-state index is 0.424. The molecule has 0 atom stereocenters. The van der Waals surface area contributed by atoms with Gasteiger partial charge in [0.05, 0.1) is 17.4 Å². The number of pyridine rings is 1. The molecule has 2 heteroatoms. The second-order valence-corrected chi connectivity index (χ2v) is 10.8. The van der Waals surface area contributed by atoms with Crippen molar-refractivity contribution in [2.24, 2.45) is 0 Å². The molecule has 2 aromatic heterocycles. The number of fused-ring (bicyclic) bond motifs is 6. The average Bonchev–Trinajstić information content (AvgIpc) is 3.24. The van der Waals surface area contributed by atoms with Crippen molar-refractivity contribution in [1.82, 2.24) is 9.38 Å². The van der Waals surface area contributed by atoms with Gasteiger partial charge in [-0.05, 0) is 76.9 Å². The van der Waals surface area contributed by atoms with E-state index < -0.39 is 0 Å². The zero-order valence-electron chi connectivity index (χ0n) is 21.8. The van der Waals surface area contributed by atoms with Crippen LogP contribution in [0.3, 0.4) is 0 Å². The van der Waals surface area contributed by atoms with Gasteiger partial charge in [0.15, 0.2) is 0 Å². The third-order valence-electron chi connectivity index (χ3n) is 7.46. The molecule has 3 aromatic carbocycles. The molecule has 0 unspecified atom stereocenters. The van der Waals surface area contributed by atoms with E-state index in [2.05, 4.69) is 115 Å². The minimum atomic E-state index is 0.424. The molecule has 5 aromatic rings. The Labute approximate surface area is 203 Å². The van der Waals surface area contributed by atoms with E-state index in [0.717, 1.165) is 5.65 Å². The van der Waals surface area contributed by atoms with Gasteiger partial charge in [0.25, 0.3) is 0 Å². The molecule has 5 rings (SSSR count). The van der Waals surface area contributed by atoms with Crippen LogP contribution in [0.15, 0.2) is 54.7 Å². The summed E-state index contributed by atoms with van der Waals surface area (Å²) in [5.41, 5.74) is 11.7. The van der Waals surface area contributed by atoms with E-state index in [-0.39, 0.29) is 0 Å². The summed E-state index contributed by atoms with van der Waals surface area (Å²) < 4.78 is 2.42. The first-order valence-corrected chi connectivity index (χ1v) is 12.7. The standard InChI is InChI=1S/C32H36N2/c1-18(2)23-15-26(19(3)4)31(27(16-23)20(5)6)30-17-33-32-25-12-10-9-11-24(25)28-13-21(7)22(8)14-29(28)34(30)32/h9-20H,1-8H3. The SMILES string of the molecule is Cc1cc2c3ccccc3c3ncc(-c4c(C(C)C)cc(C(C)C)cc4C(C)C)n3c2cc1C. The first kappa shape index (κ1) is 22.7. The summed E-state index contributed by atoms with van der Waals surface area (Å²) in [4.78, 5) is 5.05. The lowest BCUT2D eigenvalue weighted by Crippen LogP contribution is -2.05. The number of hydrogen-bond donors (Lipinski definition) is 0. The number of benzene rings is 3. The van der Waals surface area contributed by atoms with Crippen molar-refractivity contribution in [3.8, 4) is 11.3 Å². The Morgan fingerprint density at radius 2 is 1.26 bits per heavy atom. The molecule has 0 fully saturated rings. The van der Waals surface area contributed by atoms with Crippen molar-refractivity contribution in [2.45, 2.75) is 73.1 Å². The van der Waals surface area contributed by atoms with Crippen molar-refractivity contribution >= 4 is 27.3 Å². The zero-order chi connectivity index (χ0) is 24.3. The van der Waals surface area contributed by atoms with E-state index in [1.807, 2.05) is 0 Å². The summed E-state index contributed by atoms with van der Waals surface area (Å²) in [6, 6.07) is 18.3. The molecule has 0 bridgehead atoms. The number of nitrogens with zero attached hydrogens (tertiary/aromatic N) is 2. The van der Waals surface area contributed by atoms with Gasteiger partial charge in [0, 0.05) is 16.3 Å². The van der Waals surface area contributed by atoms with E-state index in [1.54, 1.807) is 0 Å². The molecular formula is C32H36N2. The molecule has 0 aliphatic rings. The van der Waals surface area contributed by atoms with Crippen LogP contribution in [0.1, 0.15) is 87.1 Å². The largest absolute Gasteiger partial charge is 0.292 e. The fourth-order valence-corrected chi connectivity index (χ4v) is 5.33. The molecule has 0 aliphatic carbocycles. The summed E-state index contributed by atoms with van der Waals surface area (Å²) in [6.45, 7) is 18.3. The molecule has 174 valence electrons. The van der Waals surface area contributed by atoms with Gasteiger partial charge in [-0.15, -0.1) is 0 Å². The van der Waals surface area contributed by atoms with Gasteiger partial charge in [-0.3, -0.25) is 4.40 Å². The predicted molar refractivity (Wildman–Crippen MR) is 147 cm³/mol. The Kier molecular flexibility index (Phi) is 5.51. The van der Waals surface area contributed by atoms with Crippen LogP contribution in [0.25, 0.3) is 38.6 Å². The van der Waals surface area contributed by atoms with Crippen molar-refractivity contribution in [3.05, 3.63) is 82.5 Å². The first-order valence-electron chi connectivity index (χ1n) is 12.7. The number of hydrogen-bond acceptors (Lipinski definition) is 1. The Bertz CT molecular complexity index is 1520. The van der Waals surface area contributed by atoms with Gasteiger partial charge < -0.3 is 0 Å². The number of aromatic nitrogens is 2. The predicted octanol–water partition coefficient (Wildman–Crippen LogP) is 9.29. The topological polar surface area (TPSA) is 17.3 Å². The van der Waals surface area contributed by atoms with E-state index >= 15 is 0 Å². The van der Waals surface area contributed by atoms with E-state index in [1.165, 1.54) is 60.8 Å². The number of aryl methyl sites for hydroxylation is 2. The second kappa shape index (κ2) is 8.27. The molecule has 0 N–H and O–H groups in total. The lowest BCUT2D eigenvalue weighted by molar-refractivity contribution is 0.806. The summed E-state index contributed by atoms with van der Waals surface area (Å²) in [5, 5.41) is 3.77. The van der Waals surface area contributed by atoms with Gasteiger partial charge in [-0.1, -0.05) is 77.9 Å². The summed E-state index contributed by atoms with van der Waals surface area (Å²) >= 11 is 0. The summed E-state index contributed by atoms with van der Waals surface area (Å²) in [5.74, 6) is 1.35. The van der Waals surface area contributed by atoms with Crippen LogP contribution in [0.5, 0.6) is 0 Å². The molecule has 34 heavy (non-hydrogen) atoms. The molecule has 2 nitrogen and oxygen atoms in total. The zero-order valence-corrected chi connectivity index (χ0v) is 21.8. The Morgan fingerprint density at radius 1 is 0.676 bits per heavy atom. The lowest BCUT2D eigenvalue weighted by atomic mass is 9.83. The number of imidazole rings is 1. The molecule has 0 saturated heterocycles. The van der Waals surface area contributed by atoms with Crippen molar-refractivity contribution in [1.29, 1.82) is 0 Å². The van der Waals surface area contributed by atoms with Crippen LogP contribution in [-0.2, 0) is 0 Å². The van der Waals surface area contributed by atoms with Gasteiger partial charge >= 0.3 is 0 Å². The van der Waals surface area contributed by atoms with E-state index in [9.17, 15) is 0 Å².